The maximum atomic E-state index is 13.6. The van der Waals surface area contributed by atoms with Gasteiger partial charge in [-0.25, -0.2) is 14.2 Å². The molecule has 1 heterocycles. The van der Waals surface area contributed by atoms with Crippen LogP contribution in [0.4, 0.5) is 17.6 Å². The summed E-state index contributed by atoms with van der Waals surface area (Å²) in [5.41, 5.74) is -0.00934. The molecule has 3 rings (SSSR count). The van der Waals surface area contributed by atoms with Gasteiger partial charge in [-0.2, -0.15) is 13.2 Å². The van der Waals surface area contributed by atoms with Crippen molar-refractivity contribution in [2.45, 2.75) is 19.5 Å². The lowest BCUT2D eigenvalue weighted by Crippen LogP contribution is -2.06. The first-order valence-corrected chi connectivity index (χ1v) is 8.37. The number of hydrogen-bond acceptors (Lipinski definition) is 2. The second-order valence-electron chi connectivity index (χ2n) is 6.14. The number of nitrogens with zero attached hydrogens (tertiary/aromatic N) is 2. The molecule has 0 aliphatic rings. The van der Waals surface area contributed by atoms with Gasteiger partial charge in [0.05, 0.1) is 21.8 Å². The Balaban J connectivity index is 1.92. The number of carboxylic acids is 1. The van der Waals surface area contributed by atoms with Crippen molar-refractivity contribution >= 4 is 17.6 Å². The first-order valence-electron chi connectivity index (χ1n) is 7.99. The summed E-state index contributed by atoms with van der Waals surface area (Å²) in [6, 6.07) is 6.70. The largest absolute Gasteiger partial charge is 0.478 e. The highest BCUT2D eigenvalue weighted by Gasteiger charge is 2.31. The molecule has 0 radical (unpaired) electrons. The van der Waals surface area contributed by atoms with E-state index in [2.05, 4.69) is 4.98 Å². The van der Waals surface area contributed by atoms with Crippen LogP contribution < -0.4 is 0 Å². The van der Waals surface area contributed by atoms with Gasteiger partial charge in [0, 0.05) is 18.3 Å². The fourth-order valence-electron chi connectivity index (χ4n) is 2.83. The Hall–Kier alpha value is -2.87. The van der Waals surface area contributed by atoms with Crippen molar-refractivity contribution in [3.8, 4) is 5.69 Å². The third-order valence-electron chi connectivity index (χ3n) is 4.06. The second kappa shape index (κ2) is 7.27. The lowest BCUT2D eigenvalue weighted by molar-refractivity contribution is -0.137. The molecule has 1 aromatic heterocycles. The third kappa shape index (κ3) is 4.17. The number of imidazole rings is 1. The molecule has 0 atom stereocenters. The average molecular weight is 413 g/mol. The van der Waals surface area contributed by atoms with Gasteiger partial charge in [-0.1, -0.05) is 11.6 Å². The van der Waals surface area contributed by atoms with Crippen LogP contribution in [0.5, 0.6) is 0 Å². The number of rotatable bonds is 4. The van der Waals surface area contributed by atoms with Gasteiger partial charge in [-0.3, -0.25) is 0 Å². The molecule has 2 aromatic carbocycles. The fraction of sp³-hybridized carbons (Fsp3) is 0.158. The van der Waals surface area contributed by atoms with E-state index in [1.54, 1.807) is 17.7 Å². The number of carbonyl (C=O) groups is 1. The predicted octanol–water partition coefficient (Wildman–Crippen LogP) is 5.28. The first-order chi connectivity index (χ1) is 13.0. The summed E-state index contributed by atoms with van der Waals surface area (Å²) in [5.74, 6) is -1.62. The highest BCUT2D eigenvalue weighted by molar-refractivity contribution is 6.33. The molecule has 3 aromatic rings. The van der Waals surface area contributed by atoms with Gasteiger partial charge in [0.25, 0.3) is 0 Å². The highest BCUT2D eigenvalue weighted by atomic mass is 35.5. The lowest BCUT2D eigenvalue weighted by atomic mass is 10.1. The standard InChI is InChI=1S/C19H13ClF4N2O2/c1-10-25-14(6-11-4-12(19(22,23)24)7-13(21)5-11)9-26(10)15-2-3-16(18(27)28)17(20)8-15/h2-5,7-9H,6H2,1H3,(H,27,28). The molecule has 0 spiro atoms. The minimum atomic E-state index is -4.64. The molecule has 0 bridgehead atoms. The summed E-state index contributed by atoms with van der Waals surface area (Å²) >= 11 is 5.98. The SMILES string of the molecule is Cc1nc(Cc2cc(F)cc(C(F)(F)F)c2)cn1-c1ccc(C(=O)O)c(Cl)c1. The maximum Gasteiger partial charge on any atom is 0.416 e. The zero-order valence-corrected chi connectivity index (χ0v) is 15.1. The Morgan fingerprint density at radius 1 is 1.21 bits per heavy atom. The zero-order chi connectivity index (χ0) is 20.6. The van der Waals surface area contributed by atoms with Crippen LogP contribution in [0, 0.1) is 12.7 Å². The number of alkyl halides is 3. The number of halogens is 5. The zero-order valence-electron chi connectivity index (χ0n) is 14.4. The van der Waals surface area contributed by atoms with E-state index < -0.39 is 23.5 Å². The monoisotopic (exact) mass is 412 g/mol. The van der Waals surface area contributed by atoms with Crippen LogP contribution in [0.1, 0.15) is 33.0 Å². The van der Waals surface area contributed by atoms with Crippen LogP contribution in [0.3, 0.4) is 0 Å². The minimum absolute atomic E-state index is 0.00434. The Morgan fingerprint density at radius 3 is 2.54 bits per heavy atom. The van der Waals surface area contributed by atoms with Crippen molar-refractivity contribution in [3.05, 3.63) is 81.6 Å². The van der Waals surface area contributed by atoms with E-state index in [4.69, 9.17) is 16.7 Å². The molecule has 9 heteroatoms. The Kier molecular flexibility index (Phi) is 5.16. The third-order valence-corrected chi connectivity index (χ3v) is 4.38. The van der Waals surface area contributed by atoms with Gasteiger partial charge >= 0.3 is 12.1 Å². The van der Waals surface area contributed by atoms with Crippen molar-refractivity contribution in [1.29, 1.82) is 0 Å². The summed E-state index contributed by atoms with van der Waals surface area (Å²) in [4.78, 5) is 15.3. The molecule has 4 nitrogen and oxygen atoms in total. The summed E-state index contributed by atoms with van der Waals surface area (Å²) in [6.07, 6.45) is -3.07. The Bertz CT molecular complexity index is 1060. The number of hydrogen-bond donors (Lipinski definition) is 1. The van der Waals surface area contributed by atoms with Crippen LogP contribution in [0.2, 0.25) is 5.02 Å². The van der Waals surface area contributed by atoms with Gasteiger partial charge in [0.15, 0.2) is 0 Å². The van der Waals surface area contributed by atoms with Crippen molar-refractivity contribution in [2.24, 2.45) is 0 Å². The first kappa shape index (κ1) is 19.9. The number of benzene rings is 2. The molecular weight excluding hydrogens is 400 g/mol. The summed E-state index contributed by atoms with van der Waals surface area (Å²) in [6.45, 7) is 1.68. The normalized spacial score (nSPS) is 11.6. The smallest absolute Gasteiger partial charge is 0.416 e. The number of aromatic nitrogens is 2. The Morgan fingerprint density at radius 2 is 1.93 bits per heavy atom. The van der Waals surface area contributed by atoms with Crippen LogP contribution in [0.25, 0.3) is 5.69 Å². The summed E-state index contributed by atoms with van der Waals surface area (Å²) in [5, 5.41) is 9.08. The van der Waals surface area contributed by atoms with Crippen LogP contribution in [-0.2, 0) is 12.6 Å². The van der Waals surface area contributed by atoms with Crippen LogP contribution >= 0.6 is 11.6 Å². The quantitative estimate of drug-likeness (QED) is 0.593. The molecule has 0 amide bonds. The second-order valence-corrected chi connectivity index (χ2v) is 6.55. The van der Waals surface area contributed by atoms with Crippen molar-refractivity contribution in [1.82, 2.24) is 9.55 Å². The van der Waals surface area contributed by atoms with Crippen LogP contribution in [0.15, 0.2) is 42.6 Å². The van der Waals surface area contributed by atoms with E-state index in [-0.39, 0.29) is 22.6 Å². The molecular formula is C19H13ClF4N2O2. The molecule has 0 aliphatic carbocycles. The number of aryl methyl sites for hydroxylation is 1. The fourth-order valence-corrected chi connectivity index (χ4v) is 3.09. The molecule has 0 unspecified atom stereocenters. The number of carboxylic acid groups (broad SMARTS) is 1. The van der Waals surface area contributed by atoms with Crippen molar-refractivity contribution in [2.75, 3.05) is 0 Å². The maximum absolute atomic E-state index is 13.6. The van der Waals surface area contributed by atoms with Crippen molar-refractivity contribution < 1.29 is 27.5 Å². The Labute approximate surface area is 162 Å². The van der Waals surface area contributed by atoms with Gasteiger partial charge in [0.1, 0.15) is 11.6 Å². The lowest BCUT2D eigenvalue weighted by Gasteiger charge is -2.09. The molecule has 1 N–H and O–H groups in total. The molecule has 0 saturated carbocycles. The number of aromatic carboxylic acids is 1. The van der Waals surface area contributed by atoms with E-state index in [9.17, 15) is 22.4 Å². The summed E-state index contributed by atoms with van der Waals surface area (Å²) in [7, 11) is 0. The minimum Gasteiger partial charge on any atom is -0.478 e. The van der Waals surface area contributed by atoms with Crippen LogP contribution in [-0.4, -0.2) is 20.6 Å². The van der Waals surface area contributed by atoms with E-state index in [0.717, 1.165) is 12.1 Å². The molecule has 0 fully saturated rings. The molecule has 0 saturated heterocycles. The van der Waals surface area contributed by atoms with E-state index in [1.807, 2.05) is 0 Å². The van der Waals surface area contributed by atoms with Crippen molar-refractivity contribution in [3.63, 3.8) is 0 Å². The van der Waals surface area contributed by atoms with E-state index >= 15 is 0 Å². The topological polar surface area (TPSA) is 55.1 Å². The molecule has 28 heavy (non-hydrogen) atoms. The van der Waals surface area contributed by atoms with E-state index in [0.29, 0.717) is 23.3 Å². The van der Waals surface area contributed by atoms with Gasteiger partial charge < -0.3 is 9.67 Å². The average Bonchev–Trinajstić information content (AvgIpc) is 2.93. The van der Waals surface area contributed by atoms with Gasteiger partial charge in [-0.15, -0.1) is 0 Å². The van der Waals surface area contributed by atoms with Gasteiger partial charge in [-0.05, 0) is 48.9 Å². The predicted molar refractivity (Wildman–Crippen MR) is 94.5 cm³/mol. The van der Waals surface area contributed by atoms with Gasteiger partial charge in [0.2, 0.25) is 0 Å². The molecule has 146 valence electrons. The molecule has 0 aliphatic heterocycles. The van der Waals surface area contributed by atoms with E-state index in [1.165, 1.54) is 18.2 Å². The highest BCUT2D eigenvalue weighted by Crippen LogP contribution is 2.31. The summed E-state index contributed by atoms with van der Waals surface area (Å²) < 4.78 is 53.8.